The zero-order valence-corrected chi connectivity index (χ0v) is 15.2. The average molecular weight is 375 g/mol. The molecule has 0 radical (unpaired) electrons. The zero-order valence-electron chi connectivity index (χ0n) is 12.8. The maximum atomic E-state index is 12.7. The molecule has 6 heteroatoms. The summed E-state index contributed by atoms with van der Waals surface area (Å²) in [6, 6.07) is 7.07. The molecule has 0 atom stereocenters. The Balaban J connectivity index is 2.18. The molecule has 0 amide bonds. The van der Waals surface area contributed by atoms with Gasteiger partial charge in [0.25, 0.3) is 0 Å². The van der Waals surface area contributed by atoms with Crippen LogP contribution >= 0.6 is 15.9 Å². The third kappa shape index (κ3) is 3.33. The Kier molecular flexibility index (Phi) is 5.13. The van der Waals surface area contributed by atoms with Gasteiger partial charge in [-0.05, 0) is 51.1 Å². The molecule has 0 unspecified atom stereocenters. The second-order valence-electron chi connectivity index (χ2n) is 6.01. The molecule has 118 valence electrons. The fourth-order valence-electron chi connectivity index (χ4n) is 2.76. The summed E-state index contributed by atoms with van der Waals surface area (Å²) in [6.07, 6.45) is 3.29. The van der Waals surface area contributed by atoms with Crippen molar-refractivity contribution in [1.82, 2.24) is 9.21 Å². The molecule has 0 N–H and O–H groups in total. The summed E-state index contributed by atoms with van der Waals surface area (Å²) in [7, 11) is 2.33. The first-order chi connectivity index (χ1) is 9.82. The van der Waals surface area contributed by atoms with Crippen LogP contribution in [0, 0.1) is 0 Å². The van der Waals surface area contributed by atoms with Crippen molar-refractivity contribution in [3.63, 3.8) is 0 Å². The smallest absolute Gasteiger partial charge is 0.242 e. The second-order valence-corrected chi connectivity index (χ2v) is 8.62. The Labute approximate surface area is 136 Å². The van der Waals surface area contributed by atoms with E-state index in [9.17, 15) is 8.42 Å². The minimum absolute atomic E-state index is 0.00236. The van der Waals surface area contributed by atoms with E-state index in [1.165, 1.54) is 10.7 Å². The van der Waals surface area contributed by atoms with Crippen molar-refractivity contribution in [1.29, 1.82) is 0 Å². The number of halogens is 1. The highest BCUT2D eigenvalue weighted by atomic mass is 79.9. The number of nitrogens with zero attached hydrogens (tertiary/aromatic N) is 2. The molecule has 1 aliphatic carbocycles. The molecule has 0 aromatic heterocycles. The fourth-order valence-corrected chi connectivity index (χ4v) is 4.39. The van der Waals surface area contributed by atoms with Gasteiger partial charge >= 0.3 is 0 Å². The van der Waals surface area contributed by atoms with Crippen LogP contribution < -0.4 is 0 Å². The highest BCUT2D eigenvalue weighted by molar-refractivity contribution is 9.08. The number of likely N-dealkylation sites (N-methyl/N-ethyl adjacent to an activating group) is 2. The largest absolute Gasteiger partial charge is 0.302 e. The molecule has 4 nitrogen and oxygen atoms in total. The van der Waals surface area contributed by atoms with Crippen molar-refractivity contribution >= 4 is 26.0 Å². The first-order valence-corrected chi connectivity index (χ1v) is 9.67. The van der Waals surface area contributed by atoms with E-state index >= 15 is 0 Å². The molecule has 0 heterocycles. The number of hydrogen-bond donors (Lipinski definition) is 0. The summed E-state index contributed by atoms with van der Waals surface area (Å²) in [6.45, 7) is 0.544. The first-order valence-electron chi connectivity index (χ1n) is 7.10. The fraction of sp³-hybridized carbons (Fsp3) is 0.600. The summed E-state index contributed by atoms with van der Waals surface area (Å²) >= 11 is 3.37. The van der Waals surface area contributed by atoms with Crippen LogP contribution in [-0.2, 0) is 15.4 Å². The molecule has 1 aliphatic rings. The van der Waals surface area contributed by atoms with E-state index in [-0.39, 0.29) is 5.54 Å². The predicted molar refractivity (Wildman–Crippen MR) is 89.2 cm³/mol. The van der Waals surface area contributed by atoms with Crippen molar-refractivity contribution in [2.75, 3.05) is 27.7 Å². The van der Waals surface area contributed by atoms with Gasteiger partial charge in [0, 0.05) is 24.5 Å². The Morgan fingerprint density at radius 1 is 1.14 bits per heavy atom. The van der Waals surface area contributed by atoms with E-state index in [0.29, 0.717) is 11.4 Å². The second kappa shape index (κ2) is 6.36. The van der Waals surface area contributed by atoms with Crippen LogP contribution in [0.25, 0.3) is 0 Å². The monoisotopic (exact) mass is 374 g/mol. The number of sulfonamides is 1. The maximum absolute atomic E-state index is 12.7. The van der Waals surface area contributed by atoms with E-state index in [0.717, 1.165) is 23.7 Å². The van der Waals surface area contributed by atoms with Gasteiger partial charge in [-0.3, -0.25) is 0 Å². The van der Waals surface area contributed by atoms with Crippen LogP contribution in [0.5, 0.6) is 0 Å². The van der Waals surface area contributed by atoms with Gasteiger partial charge in [-0.15, -0.1) is 0 Å². The molecule has 1 aromatic carbocycles. The number of hydrogen-bond acceptors (Lipinski definition) is 3. The standard InChI is InChI=1S/C15H23BrN2O2S/c1-17(2)15(9-4-10-15)12-18(3)21(19,20)14-7-5-13(11-16)6-8-14/h5-8H,4,9-12H2,1-3H3. The Morgan fingerprint density at radius 3 is 2.10 bits per heavy atom. The van der Waals surface area contributed by atoms with E-state index in [4.69, 9.17) is 0 Å². The lowest BCUT2D eigenvalue weighted by Gasteiger charge is -2.48. The summed E-state index contributed by atoms with van der Waals surface area (Å²) in [5.74, 6) is 0. The number of benzene rings is 1. The van der Waals surface area contributed by atoms with Gasteiger partial charge in [0.1, 0.15) is 0 Å². The molecule has 0 spiro atoms. The average Bonchev–Trinajstić information content (AvgIpc) is 2.42. The van der Waals surface area contributed by atoms with E-state index in [2.05, 4.69) is 20.8 Å². The highest BCUT2D eigenvalue weighted by Crippen LogP contribution is 2.37. The van der Waals surface area contributed by atoms with Gasteiger partial charge in [-0.2, -0.15) is 4.31 Å². The van der Waals surface area contributed by atoms with Crippen molar-refractivity contribution in [2.24, 2.45) is 0 Å². The zero-order chi connectivity index (χ0) is 15.7. The van der Waals surface area contributed by atoms with Crippen molar-refractivity contribution in [2.45, 2.75) is 35.0 Å². The molecule has 1 fully saturated rings. The van der Waals surface area contributed by atoms with Crippen molar-refractivity contribution in [3.8, 4) is 0 Å². The quantitative estimate of drug-likeness (QED) is 0.718. The minimum Gasteiger partial charge on any atom is -0.302 e. The van der Waals surface area contributed by atoms with Gasteiger partial charge in [0.15, 0.2) is 0 Å². The van der Waals surface area contributed by atoms with Crippen LogP contribution in [0.1, 0.15) is 24.8 Å². The summed E-state index contributed by atoms with van der Waals surface area (Å²) in [5, 5.41) is 0.729. The summed E-state index contributed by atoms with van der Waals surface area (Å²) < 4.78 is 26.8. The predicted octanol–water partition coefficient (Wildman–Crippen LogP) is 2.69. The Morgan fingerprint density at radius 2 is 1.71 bits per heavy atom. The topological polar surface area (TPSA) is 40.6 Å². The lowest BCUT2D eigenvalue weighted by Crippen LogP contribution is -2.57. The van der Waals surface area contributed by atoms with Gasteiger partial charge in [-0.25, -0.2) is 8.42 Å². The summed E-state index contributed by atoms with van der Waals surface area (Å²) in [4.78, 5) is 2.53. The molecule has 0 saturated heterocycles. The SMILES string of the molecule is CN(C)C1(CN(C)S(=O)(=O)c2ccc(CBr)cc2)CCC1. The molecule has 21 heavy (non-hydrogen) atoms. The number of rotatable bonds is 6. The van der Waals surface area contributed by atoms with Gasteiger partial charge < -0.3 is 4.90 Å². The molecular weight excluding hydrogens is 352 g/mol. The van der Waals surface area contributed by atoms with Crippen LogP contribution in [0.4, 0.5) is 0 Å². The van der Waals surface area contributed by atoms with E-state index < -0.39 is 10.0 Å². The third-order valence-corrected chi connectivity index (χ3v) is 7.00. The molecule has 2 rings (SSSR count). The Bertz CT molecular complexity index is 580. The molecule has 0 bridgehead atoms. The molecule has 1 saturated carbocycles. The lowest BCUT2D eigenvalue weighted by molar-refractivity contribution is 0.0455. The van der Waals surface area contributed by atoms with Crippen molar-refractivity contribution < 1.29 is 8.42 Å². The van der Waals surface area contributed by atoms with Crippen LogP contribution in [0.15, 0.2) is 29.2 Å². The first kappa shape index (κ1) is 16.9. The van der Waals surface area contributed by atoms with Crippen molar-refractivity contribution in [3.05, 3.63) is 29.8 Å². The van der Waals surface area contributed by atoms with Crippen LogP contribution in [0.3, 0.4) is 0 Å². The Hall–Kier alpha value is -0.430. The normalized spacial score (nSPS) is 18.0. The maximum Gasteiger partial charge on any atom is 0.242 e. The minimum atomic E-state index is -3.42. The van der Waals surface area contributed by atoms with Gasteiger partial charge in [0.05, 0.1) is 4.90 Å². The third-order valence-electron chi connectivity index (χ3n) is 4.54. The molecular formula is C15H23BrN2O2S. The van der Waals surface area contributed by atoms with E-state index in [1.807, 2.05) is 26.2 Å². The van der Waals surface area contributed by atoms with E-state index in [1.54, 1.807) is 19.2 Å². The lowest BCUT2D eigenvalue weighted by atomic mass is 9.75. The summed E-state index contributed by atoms with van der Waals surface area (Å²) in [5.41, 5.74) is 1.07. The van der Waals surface area contributed by atoms with Crippen LogP contribution in [-0.4, -0.2) is 50.8 Å². The molecule has 1 aromatic rings. The van der Waals surface area contributed by atoms with Gasteiger partial charge in [0.2, 0.25) is 10.0 Å². The highest BCUT2D eigenvalue weighted by Gasteiger charge is 2.42. The van der Waals surface area contributed by atoms with Gasteiger partial charge in [-0.1, -0.05) is 28.1 Å². The molecule has 0 aliphatic heterocycles. The van der Waals surface area contributed by atoms with Crippen LogP contribution in [0.2, 0.25) is 0 Å². The number of alkyl halides is 1.